The molecule has 0 aliphatic carbocycles. The highest BCUT2D eigenvalue weighted by Gasteiger charge is 2.56. The van der Waals surface area contributed by atoms with E-state index in [4.69, 9.17) is 10.2 Å². The van der Waals surface area contributed by atoms with Gasteiger partial charge >= 0.3 is 17.9 Å². The minimum atomic E-state index is -5.38. The Labute approximate surface area is 100 Å². The molecule has 0 bridgehead atoms. The third kappa shape index (κ3) is 3.70. The van der Waals surface area contributed by atoms with Crippen LogP contribution in [-0.2, 0) is 9.59 Å². The fraction of sp³-hybridized carbons (Fsp3) is 0.750. The number of hydrogen-bond donors (Lipinski definition) is 2. The average Bonchev–Trinajstić information content (AvgIpc) is 2.33. The number of carboxylic acids is 2. The maximum atomic E-state index is 12.8. The van der Waals surface area contributed by atoms with Crippen LogP contribution in [-0.4, -0.2) is 58.9 Å². The molecular weight excluding hydrogens is 293 g/mol. The highest BCUT2D eigenvalue weighted by Crippen LogP contribution is 2.31. The second-order valence-electron chi connectivity index (χ2n) is 3.40. The van der Waals surface area contributed by atoms with E-state index in [1.807, 2.05) is 0 Å². The van der Waals surface area contributed by atoms with Gasteiger partial charge in [-0.2, -0.15) is 8.78 Å². The molecule has 0 heterocycles. The molecule has 0 fully saturated rings. The van der Waals surface area contributed by atoms with Crippen LogP contribution in [0.2, 0.25) is 0 Å². The zero-order chi connectivity index (χ0) is 15.5. The lowest BCUT2D eigenvalue weighted by atomic mass is 10.0. The highest BCUT2D eigenvalue weighted by atomic mass is 19.3. The lowest BCUT2D eigenvalue weighted by molar-refractivity contribution is -0.183. The van der Waals surface area contributed by atoms with Gasteiger partial charge in [0.05, 0.1) is 0 Å². The Hall–Kier alpha value is -1.55. The van der Waals surface area contributed by atoms with E-state index >= 15 is 0 Å². The summed E-state index contributed by atoms with van der Waals surface area (Å²) in [5.41, 5.74) is 0. The smallest absolute Gasteiger partial charge is 0.377 e. The van der Waals surface area contributed by atoms with Gasteiger partial charge in [-0.25, -0.2) is 31.5 Å². The standard InChI is InChI=1S/C8H7F7O4/c9-1(2(10)4(12)6(16)17)3(11)5(13)8(14,15)7(18)19/h1-5H,(H,16,17)(H,18,19). The first-order chi connectivity index (χ1) is 8.44. The van der Waals surface area contributed by atoms with E-state index in [9.17, 15) is 40.3 Å². The Balaban J connectivity index is 4.96. The van der Waals surface area contributed by atoms with Crippen molar-refractivity contribution in [3.63, 3.8) is 0 Å². The molecule has 5 unspecified atom stereocenters. The Kier molecular flexibility index (Phi) is 5.57. The summed E-state index contributed by atoms with van der Waals surface area (Å²) in [6.07, 6.45) is -19.7. The molecule has 0 aromatic heterocycles. The summed E-state index contributed by atoms with van der Waals surface area (Å²) in [6, 6.07) is 0. The van der Waals surface area contributed by atoms with Gasteiger partial charge in [0.15, 0.2) is 18.5 Å². The van der Waals surface area contributed by atoms with Gasteiger partial charge in [0.1, 0.15) is 0 Å². The molecule has 0 aromatic carbocycles. The zero-order valence-corrected chi connectivity index (χ0v) is 8.74. The fourth-order valence-corrected chi connectivity index (χ4v) is 0.953. The van der Waals surface area contributed by atoms with Gasteiger partial charge in [0, 0.05) is 0 Å². The summed E-state index contributed by atoms with van der Waals surface area (Å²) in [4.78, 5) is 19.8. The maximum absolute atomic E-state index is 12.8. The molecule has 19 heavy (non-hydrogen) atoms. The normalized spacial score (nSPS) is 20.2. The minimum absolute atomic E-state index is 2.55. The molecule has 11 heteroatoms. The van der Waals surface area contributed by atoms with Crippen LogP contribution < -0.4 is 0 Å². The van der Waals surface area contributed by atoms with Gasteiger partial charge in [-0.15, -0.1) is 0 Å². The van der Waals surface area contributed by atoms with Gasteiger partial charge in [0.2, 0.25) is 12.3 Å². The van der Waals surface area contributed by atoms with Crippen LogP contribution in [0, 0.1) is 0 Å². The summed E-state index contributed by atoms with van der Waals surface area (Å²) in [7, 11) is 0. The van der Waals surface area contributed by atoms with E-state index in [1.165, 1.54) is 0 Å². The molecule has 0 rings (SSSR count). The molecule has 0 aliphatic heterocycles. The van der Waals surface area contributed by atoms with Crippen LogP contribution in [0.4, 0.5) is 30.7 Å². The van der Waals surface area contributed by atoms with Crippen molar-refractivity contribution in [1.82, 2.24) is 0 Å². The second-order valence-corrected chi connectivity index (χ2v) is 3.40. The second kappa shape index (κ2) is 6.06. The van der Waals surface area contributed by atoms with Crippen molar-refractivity contribution in [3.8, 4) is 0 Å². The number of carbonyl (C=O) groups is 2. The van der Waals surface area contributed by atoms with Crippen LogP contribution in [0.15, 0.2) is 0 Å². The first-order valence-corrected chi connectivity index (χ1v) is 4.49. The summed E-state index contributed by atoms with van der Waals surface area (Å²) < 4.78 is 88.4. The quantitative estimate of drug-likeness (QED) is 0.698. The summed E-state index contributed by atoms with van der Waals surface area (Å²) in [6.45, 7) is 0. The third-order valence-electron chi connectivity index (χ3n) is 2.03. The summed E-state index contributed by atoms with van der Waals surface area (Å²) >= 11 is 0. The highest BCUT2D eigenvalue weighted by molar-refractivity contribution is 5.76. The van der Waals surface area contributed by atoms with E-state index in [1.54, 1.807) is 0 Å². The van der Waals surface area contributed by atoms with Crippen molar-refractivity contribution in [1.29, 1.82) is 0 Å². The van der Waals surface area contributed by atoms with Gasteiger partial charge in [0.25, 0.3) is 0 Å². The number of halogens is 7. The molecule has 5 atom stereocenters. The number of aliphatic carboxylic acids is 2. The van der Waals surface area contributed by atoms with Crippen molar-refractivity contribution in [2.75, 3.05) is 0 Å². The maximum Gasteiger partial charge on any atom is 0.377 e. The number of hydrogen-bond acceptors (Lipinski definition) is 2. The number of alkyl halides is 7. The van der Waals surface area contributed by atoms with Gasteiger partial charge in [-0.3, -0.25) is 0 Å². The van der Waals surface area contributed by atoms with Gasteiger partial charge in [-0.1, -0.05) is 0 Å². The third-order valence-corrected chi connectivity index (χ3v) is 2.03. The molecule has 4 nitrogen and oxygen atoms in total. The SMILES string of the molecule is O=C(O)C(F)C(F)C(F)C(F)C(F)C(F)(F)C(=O)O. The Morgan fingerprint density at radius 2 is 1.26 bits per heavy atom. The van der Waals surface area contributed by atoms with E-state index in [2.05, 4.69) is 0 Å². The first kappa shape index (κ1) is 17.4. The Morgan fingerprint density at radius 3 is 1.58 bits per heavy atom. The molecule has 0 spiro atoms. The van der Waals surface area contributed by atoms with Crippen molar-refractivity contribution in [2.24, 2.45) is 0 Å². The van der Waals surface area contributed by atoms with E-state index in [0.29, 0.717) is 0 Å². The molecule has 0 radical (unpaired) electrons. The van der Waals surface area contributed by atoms with Crippen molar-refractivity contribution in [3.05, 3.63) is 0 Å². The molecular formula is C8H7F7O4. The van der Waals surface area contributed by atoms with E-state index in [0.717, 1.165) is 0 Å². The van der Waals surface area contributed by atoms with Gasteiger partial charge < -0.3 is 10.2 Å². The Bertz CT molecular complexity index is 350. The van der Waals surface area contributed by atoms with Crippen molar-refractivity contribution >= 4 is 11.9 Å². The lowest BCUT2D eigenvalue weighted by Crippen LogP contribution is -2.50. The number of carboxylic acid groups (broad SMARTS) is 2. The first-order valence-electron chi connectivity index (χ1n) is 4.49. The molecule has 0 saturated heterocycles. The Morgan fingerprint density at radius 1 is 0.842 bits per heavy atom. The molecule has 0 amide bonds. The molecule has 2 N–H and O–H groups in total. The van der Waals surface area contributed by atoms with Crippen LogP contribution in [0.1, 0.15) is 0 Å². The molecule has 112 valence electrons. The monoisotopic (exact) mass is 300 g/mol. The van der Waals surface area contributed by atoms with Crippen LogP contribution >= 0.6 is 0 Å². The van der Waals surface area contributed by atoms with Crippen LogP contribution in [0.3, 0.4) is 0 Å². The van der Waals surface area contributed by atoms with Crippen molar-refractivity contribution < 1.29 is 50.5 Å². The number of rotatable bonds is 7. The van der Waals surface area contributed by atoms with Crippen LogP contribution in [0.25, 0.3) is 0 Å². The fourth-order valence-electron chi connectivity index (χ4n) is 0.953. The van der Waals surface area contributed by atoms with Gasteiger partial charge in [-0.05, 0) is 0 Å². The molecule has 0 aliphatic rings. The van der Waals surface area contributed by atoms with E-state index in [-0.39, 0.29) is 0 Å². The minimum Gasteiger partial charge on any atom is -0.479 e. The molecule has 0 aromatic rings. The predicted octanol–water partition coefficient (Wildman–Crippen LogP) is 1.48. The lowest BCUT2D eigenvalue weighted by Gasteiger charge is -2.24. The topological polar surface area (TPSA) is 74.6 Å². The van der Waals surface area contributed by atoms with Crippen molar-refractivity contribution in [2.45, 2.75) is 36.8 Å². The largest absolute Gasteiger partial charge is 0.479 e. The average molecular weight is 300 g/mol. The van der Waals surface area contributed by atoms with E-state index < -0.39 is 48.7 Å². The zero-order valence-electron chi connectivity index (χ0n) is 8.74. The molecule has 0 saturated carbocycles. The summed E-state index contributed by atoms with van der Waals surface area (Å²) in [5, 5.41) is 15.8. The van der Waals surface area contributed by atoms with Crippen LogP contribution in [0.5, 0.6) is 0 Å². The predicted molar refractivity (Wildman–Crippen MR) is 44.7 cm³/mol. The summed E-state index contributed by atoms with van der Waals surface area (Å²) in [5.74, 6) is -11.1.